The van der Waals surface area contributed by atoms with Crippen LogP contribution >= 0.6 is 11.6 Å². The molecule has 6 nitrogen and oxygen atoms in total. The molecule has 2 aromatic carbocycles. The highest BCUT2D eigenvalue weighted by Gasteiger charge is 2.17. The molecule has 1 heterocycles. The topological polar surface area (TPSA) is 87.0 Å². The van der Waals surface area contributed by atoms with E-state index >= 15 is 0 Å². The smallest absolute Gasteiger partial charge is 0.354 e. The Bertz CT molecular complexity index is 901. The Morgan fingerprint density at radius 3 is 2.57 bits per heavy atom. The highest BCUT2D eigenvalue weighted by molar-refractivity contribution is 6.31. The molecule has 2 N–H and O–H groups in total. The lowest BCUT2D eigenvalue weighted by atomic mass is 10.2. The van der Waals surface area contributed by atoms with Gasteiger partial charge in [-0.2, -0.15) is 5.11 Å². The number of carboxylic acid groups (broad SMARTS) is 1. The molecular formula is C16H12ClN3O3. The number of aromatic nitrogens is 1. The van der Waals surface area contributed by atoms with Crippen LogP contribution in [0.25, 0.3) is 10.9 Å². The van der Waals surface area contributed by atoms with E-state index in [4.69, 9.17) is 16.3 Å². The molecular weight excluding hydrogens is 318 g/mol. The second-order valence-corrected chi connectivity index (χ2v) is 5.18. The zero-order chi connectivity index (χ0) is 16.4. The zero-order valence-electron chi connectivity index (χ0n) is 12.1. The molecule has 0 saturated heterocycles. The Hall–Kier alpha value is -2.86. The monoisotopic (exact) mass is 329 g/mol. The SMILES string of the molecule is COc1ccc(N=Nc2c(C(=O)O)[nH]c3ccc(Cl)cc23)cc1. The van der Waals surface area contributed by atoms with Crippen molar-refractivity contribution in [2.24, 2.45) is 10.2 Å². The fourth-order valence-electron chi connectivity index (χ4n) is 2.17. The summed E-state index contributed by atoms with van der Waals surface area (Å²) in [4.78, 5) is 14.2. The summed E-state index contributed by atoms with van der Waals surface area (Å²) in [7, 11) is 1.57. The highest BCUT2D eigenvalue weighted by Crippen LogP contribution is 2.33. The zero-order valence-corrected chi connectivity index (χ0v) is 12.8. The Kier molecular flexibility index (Phi) is 3.99. The number of rotatable bonds is 4. The maximum atomic E-state index is 11.4. The number of halogens is 1. The number of aromatic carboxylic acids is 1. The first-order valence-electron chi connectivity index (χ1n) is 6.69. The van der Waals surface area contributed by atoms with Gasteiger partial charge in [-0.1, -0.05) is 11.6 Å². The van der Waals surface area contributed by atoms with Gasteiger partial charge in [-0.3, -0.25) is 0 Å². The third-order valence-corrected chi connectivity index (χ3v) is 3.52. The molecule has 0 aliphatic heterocycles. The van der Waals surface area contributed by atoms with Gasteiger partial charge in [-0.25, -0.2) is 4.79 Å². The number of aromatic amines is 1. The second kappa shape index (κ2) is 6.10. The molecule has 3 aromatic rings. The van der Waals surface area contributed by atoms with Crippen molar-refractivity contribution in [1.29, 1.82) is 0 Å². The van der Waals surface area contributed by atoms with Gasteiger partial charge >= 0.3 is 5.97 Å². The van der Waals surface area contributed by atoms with Crippen LogP contribution in [0.15, 0.2) is 52.7 Å². The minimum atomic E-state index is -1.11. The summed E-state index contributed by atoms with van der Waals surface area (Å²) in [6, 6.07) is 12.0. The summed E-state index contributed by atoms with van der Waals surface area (Å²) < 4.78 is 5.07. The fraction of sp³-hybridized carbons (Fsp3) is 0.0625. The van der Waals surface area contributed by atoms with Gasteiger partial charge in [0.2, 0.25) is 0 Å². The molecule has 0 bridgehead atoms. The number of carboxylic acids is 1. The molecule has 0 spiro atoms. The van der Waals surface area contributed by atoms with Gasteiger partial charge in [0.05, 0.1) is 12.8 Å². The molecule has 0 aliphatic carbocycles. The summed E-state index contributed by atoms with van der Waals surface area (Å²) in [5.74, 6) is -0.407. The van der Waals surface area contributed by atoms with Gasteiger partial charge in [-0.05, 0) is 42.5 Å². The quantitative estimate of drug-likeness (QED) is 0.664. The first kappa shape index (κ1) is 15.1. The number of azo groups is 1. The number of benzene rings is 2. The van der Waals surface area contributed by atoms with E-state index in [1.165, 1.54) is 0 Å². The fourth-order valence-corrected chi connectivity index (χ4v) is 2.34. The van der Waals surface area contributed by atoms with Gasteiger partial charge in [-0.15, -0.1) is 5.11 Å². The minimum absolute atomic E-state index is 0.0282. The maximum Gasteiger partial charge on any atom is 0.354 e. The van der Waals surface area contributed by atoms with Crippen molar-refractivity contribution in [3.63, 3.8) is 0 Å². The normalized spacial score (nSPS) is 11.2. The molecule has 0 atom stereocenters. The molecule has 7 heteroatoms. The third-order valence-electron chi connectivity index (χ3n) is 3.28. The molecule has 0 fully saturated rings. The number of hydrogen-bond donors (Lipinski definition) is 2. The first-order valence-corrected chi connectivity index (χ1v) is 7.06. The largest absolute Gasteiger partial charge is 0.497 e. The van der Waals surface area contributed by atoms with Crippen LogP contribution in [0.4, 0.5) is 11.4 Å². The Balaban J connectivity index is 2.06. The van der Waals surface area contributed by atoms with Gasteiger partial charge in [0.1, 0.15) is 11.4 Å². The molecule has 0 saturated carbocycles. The van der Waals surface area contributed by atoms with Crippen molar-refractivity contribution in [2.75, 3.05) is 7.11 Å². The number of fused-ring (bicyclic) bond motifs is 1. The summed E-state index contributed by atoms with van der Waals surface area (Å²) in [6.07, 6.45) is 0. The number of ether oxygens (including phenoxy) is 1. The standard InChI is InChI=1S/C16H12ClN3O3/c1-23-11-5-3-10(4-6-11)19-20-14-12-8-9(17)2-7-13(12)18-15(14)16(21)22/h2-8,18H,1H3,(H,21,22). The lowest BCUT2D eigenvalue weighted by Gasteiger charge is -1.98. The average molecular weight is 330 g/mol. The van der Waals surface area contributed by atoms with E-state index < -0.39 is 5.97 Å². The summed E-state index contributed by atoms with van der Waals surface area (Å²) in [5.41, 5.74) is 1.43. The van der Waals surface area contributed by atoms with E-state index in [9.17, 15) is 9.90 Å². The number of nitrogens with zero attached hydrogens (tertiary/aromatic N) is 2. The van der Waals surface area contributed by atoms with Crippen molar-refractivity contribution in [3.8, 4) is 5.75 Å². The predicted octanol–water partition coefficient (Wildman–Crippen LogP) is 4.94. The molecule has 23 heavy (non-hydrogen) atoms. The molecule has 0 amide bonds. The Labute approximate surface area is 136 Å². The molecule has 3 rings (SSSR count). The van der Waals surface area contributed by atoms with Crippen molar-refractivity contribution in [2.45, 2.75) is 0 Å². The average Bonchev–Trinajstić information content (AvgIpc) is 2.91. The number of H-pyrrole nitrogens is 1. The number of hydrogen-bond acceptors (Lipinski definition) is 4. The van der Waals surface area contributed by atoms with E-state index in [1.807, 2.05) is 0 Å². The van der Waals surface area contributed by atoms with Gasteiger partial charge < -0.3 is 14.8 Å². The third kappa shape index (κ3) is 3.02. The van der Waals surface area contributed by atoms with E-state index in [0.717, 1.165) is 0 Å². The molecule has 116 valence electrons. The first-order chi connectivity index (χ1) is 11.1. The van der Waals surface area contributed by atoms with Crippen molar-refractivity contribution >= 4 is 39.8 Å². The minimum Gasteiger partial charge on any atom is -0.497 e. The molecule has 0 unspecified atom stereocenters. The number of carbonyl (C=O) groups is 1. The highest BCUT2D eigenvalue weighted by atomic mass is 35.5. The number of methoxy groups -OCH3 is 1. The van der Waals surface area contributed by atoms with Crippen LogP contribution in [0, 0.1) is 0 Å². The molecule has 1 aromatic heterocycles. The van der Waals surface area contributed by atoms with Crippen molar-refractivity contribution < 1.29 is 14.6 Å². The Morgan fingerprint density at radius 2 is 1.91 bits per heavy atom. The van der Waals surface area contributed by atoms with Crippen LogP contribution in [-0.4, -0.2) is 23.2 Å². The molecule has 0 radical (unpaired) electrons. The van der Waals surface area contributed by atoms with E-state index in [2.05, 4.69) is 15.2 Å². The van der Waals surface area contributed by atoms with Crippen LogP contribution in [0.3, 0.4) is 0 Å². The lowest BCUT2D eigenvalue weighted by molar-refractivity contribution is 0.0692. The van der Waals surface area contributed by atoms with Crippen LogP contribution in [0.1, 0.15) is 10.5 Å². The van der Waals surface area contributed by atoms with Crippen molar-refractivity contribution in [3.05, 3.63) is 53.2 Å². The number of nitrogens with one attached hydrogen (secondary N) is 1. The van der Waals surface area contributed by atoms with Crippen molar-refractivity contribution in [1.82, 2.24) is 4.98 Å². The maximum absolute atomic E-state index is 11.4. The second-order valence-electron chi connectivity index (χ2n) is 4.74. The summed E-state index contributed by atoms with van der Waals surface area (Å²) in [5, 5.41) is 18.6. The molecule has 0 aliphatic rings. The van der Waals surface area contributed by atoms with Gasteiger partial charge in [0.25, 0.3) is 0 Å². The van der Waals surface area contributed by atoms with Gasteiger partial charge in [0, 0.05) is 15.9 Å². The lowest BCUT2D eigenvalue weighted by Crippen LogP contribution is -1.95. The predicted molar refractivity (Wildman–Crippen MR) is 87.4 cm³/mol. The van der Waals surface area contributed by atoms with Gasteiger partial charge in [0.15, 0.2) is 5.69 Å². The Morgan fingerprint density at radius 1 is 1.17 bits per heavy atom. The van der Waals surface area contributed by atoms with E-state index in [1.54, 1.807) is 49.6 Å². The van der Waals surface area contributed by atoms with Crippen LogP contribution in [0.2, 0.25) is 5.02 Å². The summed E-state index contributed by atoms with van der Waals surface area (Å²) in [6.45, 7) is 0. The van der Waals surface area contributed by atoms with E-state index in [0.29, 0.717) is 27.4 Å². The summed E-state index contributed by atoms with van der Waals surface area (Å²) >= 11 is 5.98. The van der Waals surface area contributed by atoms with E-state index in [-0.39, 0.29) is 11.4 Å². The van der Waals surface area contributed by atoms with Crippen LogP contribution in [0.5, 0.6) is 5.75 Å². The van der Waals surface area contributed by atoms with Crippen LogP contribution < -0.4 is 4.74 Å². The van der Waals surface area contributed by atoms with Crippen LogP contribution in [-0.2, 0) is 0 Å².